The summed E-state index contributed by atoms with van der Waals surface area (Å²) in [5.74, 6) is 0.387. The zero-order valence-electron chi connectivity index (χ0n) is 11.5. The summed E-state index contributed by atoms with van der Waals surface area (Å²) in [7, 11) is 0. The zero-order valence-corrected chi connectivity index (χ0v) is 13.1. The Hall–Kier alpha value is -1.39. The molecule has 0 saturated carbocycles. The first-order valence-electron chi connectivity index (χ1n) is 6.55. The molecule has 0 fully saturated rings. The van der Waals surface area contributed by atoms with Crippen LogP contribution in [0.3, 0.4) is 0 Å². The Bertz CT molecular complexity index is 580. The van der Waals surface area contributed by atoms with Gasteiger partial charge in [0.15, 0.2) is 0 Å². The van der Waals surface area contributed by atoms with Gasteiger partial charge in [-0.05, 0) is 25.5 Å². The summed E-state index contributed by atoms with van der Waals surface area (Å²) in [5, 5.41) is 5.82. The van der Waals surface area contributed by atoms with Crippen molar-refractivity contribution in [3.05, 3.63) is 40.9 Å². The normalized spacial score (nSPS) is 12.2. The van der Waals surface area contributed by atoms with E-state index in [1.165, 1.54) is 0 Å². The summed E-state index contributed by atoms with van der Waals surface area (Å²) < 4.78 is 0. The average Bonchev–Trinajstić information content (AvgIpc) is 2.96. The number of nitrogens with one attached hydrogen (secondary N) is 1. The highest BCUT2D eigenvalue weighted by Gasteiger charge is 2.09. The summed E-state index contributed by atoms with van der Waals surface area (Å²) >= 11 is 7.31. The van der Waals surface area contributed by atoms with Crippen LogP contribution < -0.4 is 5.32 Å². The number of carbonyl (C=O) groups excluding carboxylic acids is 1. The summed E-state index contributed by atoms with van der Waals surface area (Å²) in [6.07, 6.45) is 0.921. The molecule has 0 saturated heterocycles. The van der Waals surface area contributed by atoms with Crippen LogP contribution in [0.15, 0.2) is 29.6 Å². The smallest absolute Gasteiger partial charge is 0.251 e. The molecule has 1 heterocycles. The topological polar surface area (TPSA) is 42.0 Å². The monoisotopic (exact) mass is 308 g/mol. The van der Waals surface area contributed by atoms with Gasteiger partial charge in [-0.15, -0.1) is 22.9 Å². The molecule has 0 aliphatic heterocycles. The van der Waals surface area contributed by atoms with Gasteiger partial charge in [-0.1, -0.05) is 19.1 Å². The maximum Gasteiger partial charge on any atom is 0.251 e. The highest BCUT2D eigenvalue weighted by molar-refractivity contribution is 7.13. The lowest BCUT2D eigenvalue weighted by molar-refractivity contribution is 0.0939. The number of nitrogens with zero attached hydrogens (tertiary/aromatic N) is 1. The third-order valence-electron chi connectivity index (χ3n) is 3.07. The molecule has 1 N–H and O–H groups in total. The zero-order chi connectivity index (χ0) is 14.5. The Labute approximate surface area is 128 Å². The molecule has 3 nitrogen and oxygen atoms in total. The van der Waals surface area contributed by atoms with E-state index in [1.54, 1.807) is 11.3 Å². The summed E-state index contributed by atoms with van der Waals surface area (Å²) in [4.78, 5) is 16.4. The first-order valence-corrected chi connectivity index (χ1v) is 7.97. The Balaban J connectivity index is 2.11. The molecule has 1 amide bonds. The average molecular weight is 309 g/mol. The first-order chi connectivity index (χ1) is 9.63. The summed E-state index contributed by atoms with van der Waals surface area (Å²) in [6, 6.07) is 7.68. The Morgan fingerprint density at radius 3 is 2.65 bits per heavy atom. The van der Waals surface area contributed by atoms with Crippen molar-refractivity contribution < 1.29 is 4.79 Å². The highest BCUT2D eigenvalue weighted by Crippen LogP contribution is 2.24. The fourth-order valence-corrected chi connectivity index (χ4v) is 2.73. The molecular formula is C15H17ClN2OS. The van der Waals surface area contributed by atoms with Crippen molar-refractivity contribution in [2.75, 3.05) is 0 Å². The molecule has 0 radical (unpaired) electrons. The molecule has 106 valence electrons. The number of hydrogen-bond acceptors (Lipinski definition) is 3. The van der Waals surface area contributed by atoms with Crippen molar-refractivity contribution in [1.82, 2.24) is 10.3 Å². The molecule has 2 rings (SSSR count). The van der Waals surface area contributed by atoms with Crippen LogP contribution in [0.4, 0.5) is 0 Å². The first kappa shape index (κ1) is 15.0. The van der Waals surface area contributed by atoms with Gasteiger partial charge in [0.1, 0.15) is 5.01 Å². The maximum atomic E-state index is 12.0. The van der Waals surface area contributed by atoms with Crippen molar-refractivity contribution in [2.45, 2.75) is 32.2 Å². The number of thiazole rings is 1. The third-order valence-corrected chi connectivity index (χ3v) is 4.29. The number of benzene rings is 1. The van der Waals surface area contributed by atoms with Crippen molar-refractivity contribution >= 4 is 28.8 Å². The molecule has 0 aliphatic carbocycles. The number of aromatic nitrogens is 1. The molecule has 0 spiro atoms. The number of carbonyl (C=O) groups is 1. The summed E-state index contributed by atoms with van der Waals surface area (Å²) in [5.41, 5.74) is 2.56. The van der Waals surface area contributed by atoms with E-state index in [4.69, 9.17) is 11.6 Å². The third kappa shape index (κ3) is 3.58. The van der Waals surface area contributed by atoms with Crippen LogP contribution in [0.5, 0.6) is 0 Å². The predicted octanol–water partition coefficient (Wildman–Crippen LogP) is 4.08. The van der Waals surface area contributed by atoms with E-state index in [0.29, 0.717) is 11.4 Å². The van der Waals surface area contributed by atoms with Crippen LogP contribution >= 0.6 is 22.9 Å². The van der Waals surface area contributed by atoms with Crippen LogP contribution in [0.2, 0.25) is 0 Å². The second-order valence-corrected chi connectivity index (χ2v) is 5.76. The standard InChI is InChI=1S/C15H17ClN2OS/c1-3-10(2)17-14(19)11-4-6-12(7-5-11)15-18-13(8-16)9-20-15/h4-7,9-10H,3,8H2,1-2H3,(H,17,19). The Morgan fingerprint density at radius 1 is 1.40 bits per heavy atom. The van der Waals surface area contributed by atoms with Gasteiger partial charge in [-0.2, -0.15) is 0 Å². The highest BCUT2D eigenvalue weighted by atomic mass is 35.5. The van der Waals surface area contributed by atoms with E-state index in [0.717, 1.165) is 22.7 Å². The van der Waals surface area contributed by atoms with Crippen LogP contribution in [-0.2, 0) is 5.88 Å². The Morgan fingerprint density at radius 2 is 2.10 bits per heavy atom. The minimum Gasteiger partial charge on any atom is -0.350 e. The minimum atomic E-state index is -0.0357. The van der Waals surface area contributed by atoms with E-state index in [-0.39, 0.29) is 11.9 Å². The largest absolute Gasteiger partial charge is 0.350 e. The maximum absolute atomic E-state index is 12.0. The molecule has 0 bridgehead atoms. The van der Waals surface area contributed by atoms with Crippen molar-refractivity contribution in [2.24, 2.45) is 0 Å². The molecule has 1 aromatic carbocycles. The van der Waals surface area contributed by atoms with Crippen molar-refractivity contribution in [3.8, 4) is 10.6 Å². The van der Waals surface area contributed by atoms with Gasteiger partial charge in [-0.3, -0.25) is 4.79 Å². The minimum absolute atomic E-state index is 0.0357. The van der Waals surface area contributed by atoms with E-state index in [9.17, 15) is 4.79 Å². The van der Waals surface area contributed by atoms with E-state index in [2.05, 4.69) is 10.3 Å². The predicted molar refractivity (Wildman–Crippen MR) is 84.3 cm³/mol. The molecule has 20 heavy (non-hydrogen) atoms. The van der Waals surface area contributed by atoms with Gasteiger partial charge in [0.25, 0.3) is 5.91 Å². The van der Waals surface area contributed by atoms with Gasteiger partial charge in [-0.25, -0.2) is 4.98 Å². The molecule has 1 atom stereocenters. The van der Waals surface area contributed by atoms with E-state index >= 15 is 0 Å². The van der Waals surface area contributed by atoms with E-state index in [1.807, 2.05) is 43.5 Å². The van der Waals surface area contributed by atoms with Crippen LogP contribution in [0, 0.1) is 0 Å². The summed E-state index contributed by atoms with van der Waals surface area (Å²) in [6.45, 7) is 4.04. The van der Waals surface area contributed by atoms with Crippen LogP contribution in [0.25, 0.3) is 10.6 Å². The molecule has 5 heteroatoms. The lowest BCUT2D eigenvalue weighted by Crippen LogP contribution is -2.31. The fourth-order valence-electron chi connectivity index (χ4n) is 1.67. The number of alkyl halides is 1. The van der Waals surface area contributed by atoms with Gasteiger partial charge in [0.2, 0.25) is 0 Å². The SMILES string of the molecule is CCC(C)NC(=O)c1ccc(-c2nc(CCl)cs2)cc1. The van der Waals surface area contributed by atoms with Crippen LogP contribution in [0.1, 0.15) is 36.3 Å². The number of rotatable bonds is 5. The second-order valence-electron chi connectivity index (χ2n) is 4.64. The number of amides is 1. The quantitative estimate of drug-likeness (QED) is 0.846. The van der Waals surface area contributed by atoms with Crippen molar-refractivity contribution in [3.63, 3.8) is 0 Å². The number of halogens is 1. The van der Waals surface area contributed by atoms with Gasteiger partial charge < -0.3 is 5.32 Å². The van der Waals surface area contributed by atoms with Crippen LogP contribution in [-0.4, -0.2) is 16.9 Å². The van der Waals surface area contributed by atoms with Crippen molar-refractivity contribution in [1.29, 1.82) is 0 Å². The fraction of sp³-hybridized carbons (Fsp3) is 0.333. The molecular weight excluding hydrogens is 292 g/mol. The molecule has 1 aromatic heterocycles. The number of hydrogen-bond donors (Lipinski definition) is 1. The van der Waals surface area contributed by atoms with Gasteiger partial charge in [0, 0.05) is 22.5 Å². The molecule has 2 aromatic rings. The molecule has 0 aliphatic rings. The Kier molecular flexibility index (Phi) is 5.15. The van der Waals surface area contributed by atoms with Gasteiger partial charge in [0.05, 0.1) is 11.6 Å². The molecule has 1 unspecified atom stereocenters. The lowest BCUT2D eigenvalue weighted by atomic mass is 10.1. The second kappa shape index (κ2) is 6.86. The lowest BCUT2D eigenvalue weighted by Gasteiger charge is -2.11. The van der Waals surface area contributed by atoms with Gasteiger partial charge >= 0.3 is 0 Å². The van der Waals surface area contributed by atoms with E-state index < -0.39 is 0 Å².